The maximum absolute atomic E-state index is 12.8. The summed E-state index contributed by atoms with van der Waals surface area (Å²) in [5, 5.41) is 12.6. The zero-order chi connectivity index (χ0) is 21.1. The van der Waals surface area contributed by atoms with E-state index in [-0.39, 0.29) is 5.91 Å². The number of H-pyrrole nitrogens is 1. The first-order valence-corrected chi connectivity index (χ1v) is 10.1. The van der Waals surface area contributed by atoms with E-state index in [1.165, 1.54) is 17.5 Å². The number of aromatic amines is 1. The molecule has 0 aliphatic rings. The quantitative estimate of drug-likeness (QED) is 0.434. The third-order valence-corrected chi connectivity index (χ3v) is 5.43. The van der Waals surface area contributed by atoms with E-state index in [0.29, 0.717) is 38.6 Å². The maximum Gasteiger partial charge on any atom is 0.261 e. The summed E-state index contributed by atoms with van der Waals surface area (Å²) < 4.78 is 10.7. The van der Waals surface area contributed by atoms with Crippen LogP contribution in [0.1, 0.15) is 10.4 Å². The topological polar surface area (TPSA) is 89.1 Å². The molecule has 0 bridgehead atoms. The van der Waals surface area contributed by atoms with Crippen LogP contribution >= 0.6 is 22.9 Å². The molecule has 0 spiro atoms. The van der Waals surface area contributed by atoms with Crippen molar-refractivity contribution < 1.29 is 14.3 Å². The number of anilines is 1. The van der Waals surface area contributed by atoms with Gasteiger partial charge in [0.05, 0.1) is 37.4 Å². The number of rotatable bonds is 6. The Labute approximate surface area is 181 Å². The summed E-state index contributed by atoms with van der Waals surface area (Å²) in [5.41, 5.74) is 3.28. The van der Waals surface area contributed by atoms with Gasteiger partial charge in [0.15, 0.2) is 5.13 Å². The van der Waals surface area contributed by atoms with Gasteiger partial charge in [-0.25, -0.2) is 4.98 Å². The highest BCUT2D eigenvalue weighted by atomic mass is 35.5. The van der Waals surface area contributed by atoms with Gasteiger partial charge >= 0.3 is 0 Å². The van der Waals surface area contributed by atoms with Crippen LogP contribution in [0.4, 0.5) is 5.13 Å². The number of hydrogen-bond donors (Lipinski definition) is 2. The number of nitrogens with one attached hydrogen (secondary N) is 2. The molecule has 0 fully saturated rings. The highest BCUT2D eigenvalue weighted by molar-refractivity contribution is 7.14. The van der Waals surface area contributed by atoms with Crippen molar-refractivity contribution in [3.63, 3.8) is 0 Å². The van der Waals surface area contributed by atoms with E-state index < -0.39 is 0 Å². The van der Waals surface area contributed by atoms with Gasteiger partial charge in [0.2, 0.25) is 0 Å². The molecule has 7 nitrogen and oxygen atoms in total. The van der Waals surface area contributed by atoms with Crippen LogP contribution in [0.2, 0.25) is 5.02 Å². The molecule has 0 aliphatic heterocycles. The highest BCUT2D eigenvalue weighted by Crippen LogP contribution is 2.35. The van der Waals surface area contributed by atoms with E-state index in [1.807, 2.05) is 35.7 Å². The highest BCUT2D eigenvalue weighted by Gasteiger charge is 2.18. The fourth-order valence-electron chi connectivity index (χ4n) is 2.93. The molecule has 30 heavy (non-hydrogen) atoms. The van der Waals surface area contributed by atoms with Gasteiger partial charge in [-0.1, -0.05) is 23.7 Å². The van der Waals surface area contributed by atoms with Crippen molar-refractivity contribution in [2.75, 3.05) is 19.5 Å². The Morgan fingerprint density at radius 1 is 1.13 bits per heavy atom. The second-order valence-electron chi connectivity index (χ2n) is 6.22. The first kappa shape index (κ1) is 19.9. The number of aromatic nitrogens is 3. The summed E-state index contributed by atoms with van der Waals surface area (Å²) in [6.07, 6.45) is 1.48. The van der Waals surface area contributed by atoms with Gasteiger partial charge in [-0.15, -0.1) is 11.3 Å². The number of carbonyl (C=O) groups excluding carboxylic acids is 1. The van der Waals surface area contributed by atoms with Gasteiger partial charge in [-0.2, -0.15) is 5.10 Å². The van der Waals surface area contributed by atoms with Gasteiger partial charge in [-0.05, 0) is 30.3 Å². The minimum atomic E-state index is -0.313. The number of hydrogen-bond acceptors (Lipinski definition) is 6. The van der Waals surface area contributed by atoms with Crippen LogP contribution in [-0.4, -0.2) is 35.3 Å². The van der Waals surface area contributed by atoms with Gasteiger partial charge < -0.3 is 9.47 Å². The molecule has 2 aromatic carbocycles. The Hall–Kier alpha value is -3.36. The predicted octanol–water partition coefficient (Wildman–Crippen LogP) is 5.12. The number of methoxy groups -OCH3 is 2. The lowest BCUT2D eigenvalue weighted by Crippen LogP contribution is -2.12. The molecule has 152 valence electrons. The van der Waals surface area contributed by atoms with Crippen LogP contribution < -0.4 is 14.8 Å². The second-order valence-corrected chi connectivity index (χ2v) is 7.52. The minimum absolute atomic E-state index is 0.313. The molecular formula is C21H17ClN4O3S. The van der Waals surface area contributed by atoms with Crippen LogP contribution in [-0.2, 0) is 0 Å². The van der Waals surface area contributed by atoms with E-state index in [1.54, 1.807) is 26.4 Å². The minimum Gasteiger partial charge on any atom is -0.497 e. The van der Waals surface area contributed by atoms with Crippen molar-refractivity contribution in [1.82, 2.24) is 15.2 Å². The molecule has 0 radical (unpaired) electrons. The normalized spacial score (nSPS) is 10.6. The summed E-state index contributed by atoms with van der Waals surface area (Å²) in [4.78, 5) is 17.4. The van der Waals surface area contributed by atoms with E-state index in [4.69, 9.17) is 21.1 Å². The Morgan fingerprint density at radius 2 is 1.93 bits per heavy atom. The lowest BCUT2D eigenvalue weighted by Gasteiger charge is -2.08. The Kier molecular flexibility index (Phi) is 5.69. The van der Waals surface area contributed by atoms with Gasteiger partial charge in [0.1, 0.15) is 11.5 Å². The Bertz CT molecular complexity index is 1190. The Balaban J connectivity index is 1.58. The van der Waals surface area contributed by atoms with Gasteiger partial charge in [-0.3, -0.25) is 15.2 Å². The SMILES string of the molecule is COc1ccc(OC)c(-c2csc(NC(=O)c3cn[nH]c3-c3ccc(Cl)cc3)n2)c1. The van der Waals surface area contributed by atoms with Crippen LogP contribution in [0.5, 0.6) is 11.5 Å². The van der Waals surface area contributed by atoms with E-state index in [2.05, 4.69) is 20.5 Å². The van der Waals surface area contributed by atoms with Gasteiger partial charge in [0.25, 0.3) is 5.91 Å². The third kappa shape index (κ3) is 4.00. The van der Waals surface area contributed by atoms with Crippen LogP contribution in [0.25, 0.3) is 22.5 Å². The standard InChI is InChI=1S/C21H17ClN4O3S/c1-28-14-7-8-18(29-2)15(9-14)17-11-30-21(24-17)25-20(27)16-10-23-26-19(16)12-3-5-13(22)6-4-12/h3-11H,1-2H3,(H,23,26)(H,24,25,27). The third-order valence-electron chi connectivity index (χ3n) is 4.42. The average Bonchev–Trinajstić information content (AvgIpc) is 3.43. The number of nitrogens with zero attached hydrogens (tertiary/aromatic N) is 2. The first-order valence-electron chi connectivity index (χ1n) is 8.87. The summed E-state index contributed by atoms with van der Waals surface area (Å²) >= 11 is 7.27. The number of amides is 1. The number of ether oxygens (including phenoxy) is 2. The monoisotopic (exact) mass is 440 g/mol. The fourth-order valence-corrected chi connectivity index (χ4v) is 3.76. The molecule has 1 amide bonds. The summed E-state index contributed by atoms with van der Waals surface area (Å²) in [6.45, 7) is 0. The maximum atomic E-state index is 12.8. The van der Waals surface area contributed by atoms with E-state index in [9.17, 15) is 4.79 Å². The molecule has 0 aliphatic carbocycles. The molecule has 0 saturated carbocycles. The summed E-state index contributed by atoms with van der Waals surface area (Å²) in [6, 6.07) is 12.6. The predicted molar refractivity (Wildman–Crippen MR) is 118 cm³/mol. The summed E-state index contributed by atoms with van der Waals surface area (Å²) in [7, 11) is 3.19. The van der Waals surface area contributed by atoms with Crippen LogP contribution in [0.3, 0.4) is 0 Å². The van der Waals surface area contributed by atoms with Crippen LogP contribution in [0.15, 0.2) is 54.0 Å². The molecule has 0 unspecified atom stereocenters. The molecule has 0 saturated heterocycles. The molecule has 0 atom stereocenters. The van der Waals surface area contributed by atoms with Crippen molar-refractivity contribution in [3.8, 4) is 34.0 Å². The van der Waals surface area contributed by atoms with Crippen molar-refractivity contribution in [1.29, 1.82) is 0 Å². The number of benzene rings is 2. The van der Waals surface area contributed by atoms with Crippen molar-refractivity contribution in [2.45, 2.75) is 0 Å². The summed E-state index contributed by atoms with van der Waals surface area (Å²) in [5.74, 6) is 1.04. The van der Waals surface area contributed by atoms with E-state index >= 15 is 0 Å². The number of halogens is 1. The Morgan fingerprint density at radius 3 is 2.67 bits per heavy atom. The molecule has 4 aromatic rings. The molecule has 2 heterocycles. The number of carbonyl (C=O) groups is 1. The average molecular weight is 441 g/mol. The van der Waals surface area contributed by atoms with Gasteiger partial charge in [0, 0.05) is 21.5 Å². The van der Waals surface area contributed by atoms with Crippen molar-refractivity contribution in [3.05, 3.63) is 64.6 Å². The second kappa shape index (κ2) is 8.56. The van der Waals surface area contributed by atoms with Crippen LogP contribution in [0, 0.1) is 0 Å². The smallest absolute Gasteiger partial charge is 0.261 e. The van der Waals surface area contributed by atoms with Crippen molar-refractivity contribution in [2.24, 2.45) is 0 Å². The molecule has 2 N–H and O–H groups in total. The molecule has 4 rings (SSSR count). The fraction of sp³-hybridized carbons (Fsp3) is 0.0952. The zero-order valence-corrected chi connectivity index (χ0v) is 17.7. The van der Waals surface area contributed by atoms with E-state index in [0.717, 1.165) is 11.1 Å². The lowest BCUT2D eigenvalue weighted by atomic mass is 10.1. The van der Waals surface area contributed by atoms with Crippen molar-refractivity contribution >= 4 is 34.0 Å². The largest absolute Gasteiger partial charge is 0.497 e. The lowest BCUT2D eigenvalue weighted by molar-refractivity contribution is 0.102. The molecule has 9 heteroatoms. The zero-order valence-electron chi connectivity index (χ0n) is 16.1. The first-order chi connectivity index (χ1) is 14.6. The molecular weight excluding hydrogens is 424 g/mol. The number of thiazole rings is 1. The molecule has 2 aromatic heterocycles.